The maximum absolute atomic E-state index is 13.7. The first kappa shape index (κ1) is 16.9. The van der Waals surface area contributed by atoms with Gasteiger partial charge in [0, 0.05) is 12.1 Å². The Hall–Kier alpha value is -2.48. The average Bonchev–Trinajstić information content (AvgIpc) is 2.54. The molecule has 8 heteroatoms. The summed E-state index contributed by atoms with van der Waals surface area (Å²) in [5, 5.41) is 0. The summed E-state index contributed by atoms with van der Waals surface area (Å²) in [6.45, 7) is 0. The Balaban J connectivity index is 2.41. The van der Waals surface area contributed by atoms with E-state index in [0.717, 1.165) is 6.07 Å². The minimum Gasteiger partial charge on any atom is -0.497 e. The molecule has 0 aliphatic carbocycles. The predicted molar refractivity (Wildman–Crippen MR) is 83.3 cm³/mol. The molecule has 2 aromatic carbocycles. The lowest BCUT2D eigenvalue weighted by molar-refractivity contribution is 0.386. The topological polar surface area (TPSA) is 73.9 Å². The average molecular weight is 341 g/mol. The van der Waals surface area contributed by atoms with Gasteiger partial charge in [0.2, 0.25) is 0 Å². The fourth-order valence-corrected chi connectivity index (χ4v) is 3.17. The first-order valence-electron chi connectivity index (χ1n) is 6.49. The first-order chi connectivity index (χ1) is 10.9. The molecule has 0 unspecified atom stereocenters. The highest BCUT2D eigenvalue weighted by molar-refractivity contribution is 7.92. The Morgan fingerprint density at radius 2 is 1.57 bits per heavy atom. The van der Waals surface area contributed by atoms with Crippen molar-refractivity contribution < 1.29 is 27.0 Å². The van der Waals surface area contributed by atoms with Crippen molar-refractivity contribution in [3.05, 3.63) is 42.2 Å². The lowest BCUT2D eigenvalue weighted by Gasteiger charge is -2.13. The smallest absolute Gasteiger partial charge is 0.265 e. The van der Waals surface area contributed by atoms with E-state index in [0.29, 0.717) is 5.75 Å². The van der Waals surface area contributed by atoms with Crippen LogP contribution < -0.4 is 18.9 Å². The van der Waals surface area contributed by atoms with Crippen LogP contribution in [0.4, 0.5) is 10.1 Å². The van der Waals surface area contributed by atoms with Crippen molar-refractivity contribution in [1.82, 2.24) is 0 Å². The normalized spacial score (nSPS) is 11.0. The minimum absolute atomic E-state index is 0.0203. The molecule has 6 nitrogen and oxygen atoms in total. The van der Waals surface area contributed by atoms with E-state index in [9.17, 15) is 12.8 Å². The molecule has 0 radical (unpaired) electrons. The largest absolute Gasteiger partial charge is 0.497 e. The molecule has 124 valence electrons. The Morgan fingerprint density at radius 3 is 2.13 bits per heavy atom. The molecule has 0 amide bonds. The molecule has 0 spiro atoms. The zero-order chi connectivity index (χ0) is 17.0. The maximum Gasteiger partial charge on any atom is 0.265 e. The van der Waals surface area contributed by atoms with E-state index in [1.54, 1.807) is 6.07 Å². The van der Waals surface area contributed by atoms with Crippen LogP contribution >= 0.6 is 0 Å². The second-order valence-corrected chi connectivity index (χ2v) is 6.12. The van der Waals surface area contributed by atoms with Gasteiger partial charge in [0.25, 0.3) is 10.0 Å². The molecular formula is C15H16FNO5S. The number of hydrogen-bond donors (Lipinski definition) is 1. The van der Waals surface area contributed by atoms with E-state index in [1.165, 1.54) is 45.6 Å². The van der Waals surface area contributed by atoms with Crippen LogP contribution in [0.1, 0.15) is 0 Å². The molecule has 0 aliphatic rings. The third-order valence-electron chi connectivity index (χ3n) is 3.06. The molecule has 1 N–H and O–H groups in total. The molecule has 0 bridgehead atoms. The third-order valence-corrected chi connectivity index (χ3v) is 4.47. The van der Waals surface area contributed by atoms with Crippen LogP contribution in [0.2, 0.25) is 0 Å². The van der Waals surface area contributed by atoms with E-state index >= 15 is 0 Å². The maximum atomic E-state index is 13.7. The quantitative estimate of drug-likeness (QED) is 0.874. The van der Waals surface area contributed by atoms with Gasteiger partial charge in [0.1, 0.15) is 16.4 Å². The van der Waals surface area contributed by atoms with Crippen molar-refractivity contribution in [1.29, 1.82) is 0 Å². The van der Waals surface area contributed by atoms with Crippen molar-refractivity contribution in [3.8, 4) is 17.2 Å². The highest BCUT2D eigenvalue weighted by Gasteiger charge is 2.21. The van der Waals surface area contributed by atoms with Gasteiger partial charge in [-0.2, -0.15) is 0 Å². The molecule has 0 atom stereocenters. The van der Waals surface area contributed by atoms with E-state index in [4.69, 9.17) is 14.2 Å². The van der Waals surface area contributed by atoms with E-state index < -0.39 is 15.8 Å². The predicted octanol–water partition coefficient (Wildman–Crippen LogP) is 2.65. The van der Waals surface area contributed by atoms with E-state index in [1.807, 2.05) is 0 Å². The summed E-state index contributed by atoms with van der Waals surface area (Å²) >= 11 is 0. The van der Waals surface area contributed by atoms with Crippen LogP contribution in [0.25, 0.3) is 0 Å². The summed E-state index contributed by atoms with van der Waals surface area (Å²) in [6, 6.07) is 8.12. The van der Waals surface area contributed by atoms with Gasteiger partial charge in [-0.05, 0) is 24.3 Å². The van der Waals surface area contributed by atoms with Gasteiger partial charge in [0.15, 0.2) is 11.6 Å². The molecule has 23 heavy (non-hydrogen) atoms. The van der Waals surface area contributed by atoms with Crippen LogP contribution in [0.3, 0.4) is 0 Å². The number of benzene rings is 2. The summed E-state index contributed by atoms with van der Waals surface area (Å²) in [6.07, 6.45) is 0. The van der Waals surface area contributed by atoms with Crippen molar-refractivity contribution in [2.75, 3.05) is 26.1 Å². The number of methoxy groups -OCH3 is 3. The molecule has 0 heterocycles. The zero-order valence-corrected chi connectivity index (χ0v) is 13.6. The second kappa shape index (κ2) is 6.74. The number of sulfonamides is 1. The third kappa shape index (κ3) is 3.65. The standard InChI is InChI=1S/C15H16FNO5S/c1-20-11-5-7-14(22-3)15(9-11)23(18,19)17-10-4-6-13(21-2)12(16)8-10/h4-9,17H,1-3H3. The summed E-state index contributed by atoms with van der Waals surface area (Å²) in [5.74, 6) is -0.156. The minimum atomic E-state index is -3.99. The number of anilines is 1. The van der Waals surface area contributed by atoms with Gasteiger partial charge >= 0.3 is 0 Å². The Labute approximate surface area is 133 Å². The fraction of sp³-hybridized carbons (Fsp3) is 0.200. The molecule has 0 fully saturated rings. The first-order valence-corrected chi connectivity index (χ1v) is 7.98. The van der Waals surface area contributed by atoms with Crippen molar-refractivity contribution in [2.24, 2.45) is 0 Å². The number of rotatable bonds is 6. The van der Waals surface area contributed by atoms with Gasteiger partial charge < -0.3 is 14.2 Å². The van der Waals surface area contributed by atoms with Crippen molar-refractivity contribution >= 4 is 15.7 Å². The van der Waals surface area contributed by atoms with Crippen molar-refractivity contribution in [3.63, 3.8) is 0 Å². The molecule has 0 aliphatic heterocycles. The number of hydrogen-bond acceptors (Lipinski definition) is 5. The van der Waals surface area contributed by atoms with Gasteiger partial charge in [-0.15, -0.1) is 0 Å². The highest BCUT2D eigenvalue weighted by atomic mass is 32.2. The van der Waals surface area contributed by atoms with Crippen molar-refractivity contribution in [2.45, 2.75) is 4.90 Å². The van der Waals surface area contributed by atoms with Gasteiger partial charge in [-0.3, -0.25) is 4.72 Å². The number of ether oxygens (including phenoxy) is 3. The molecule has 0 saturated carbocycles. The summed E-state index contributed by atoms with van der Waals surface area (Å²) < 4.78 is 55.9. The lowest BCUT2D eigenvalue weighted by atomic mass is 10.3. The van der Waals surface area contributed by atoms with Gasteiger partial charge in [-0.1, -0.05) is 0 Å². The van der Waals surface area contributed by atoms with E-state index in [2.05, 4.69) is 4.72 Å². The highest BCUT2D eigenvalue weighted by Crippen LogP contribution is 2.30. The van der Waals surface area contributed by atoms with E-state index in [-0.39, 0.29) is 22.1 Å². The van der Waals surface area contributed by atoms with Crippen LogP contribution in [0.5, 0.6) is 17.2 Å². The van der Waals surface area contributed by atoms with Crippen LogP contribution in [-0.2, 0) is 10.0 Å². The van der Waals surface area contributed by atoms with Crippen LogP contribution in [0, 0.1) is 5.82 Å². The molecule has 0 saturated heterocycles. The summed E-state index contributed by atoms with van der Waals surface area (Å²) in [4.78, 5) is -0.115. The molecule has 2 aromatic rings. The number of halogens is 1. The second-order valence-electron chi connectivity index (χ2n) is 4.47. The lowest BCUT2D eigenvalue weighted by Crippen LogP contribution is -2.14. The number of nitrogens with one attached hydrogen (secondary N) is 1. The Bertz CT molecular complexity index is 808. The van der Waals surface area contributed by atoms with Crippen LogP contribution in [0.15, 0.2) is 41.3 Å². The molecular weight excluding hydrogens is 325 g/mol. The Morgan fingerprint density at radius 1 is 0.913 bits per heavy atom. The van der Waals surface area contributed by atoms with Crippen LogP contribution in [-0.4, -0.2) is 29.7 Å². The Kier molecular flexibility index (Phi) is 4.95. The summed E-state index contributed by atoms with van der Waals surface area (Å²) in [5.41, 5.74) is 0.0631. The zero-order valence-electron chi connectivity index (χ0n) is 12.8. The summed E-state index contributed by atoms with van der Waals surface area (Å²) in [7, 11) is 0.111. The van der Waals surface area contributed by atoms with Gasteiger partial charge in [-0.25, -0.2) is 12.8 Å². The monoisotopic (exact) mass is 341 g/mol. The fourth-order valence-electron chi connectivity index (χ4n) is 1.93. The molecule has 0 aromatic heterocycles. The SMILES string of the molecule is COc1ccc(OC)c(S(=O)(=O)Nc2ccc(OC)c(F)c2)c1. The van der Waals surface area contributed by atoms with Gasteiger partial charge in [0.05, 0.1) is 27.0 Å². The molecule has 2 rings (SSSR count).